The minimum absolute atomic E-state index is 0.198. The number of nitrogens with zero attached hydrogens (tertiary/aromatic N) is 1. The predicted molar refractivity (Wildman–Crippen MR) is 74.6 cm³/mol. The molecule has 1 fully saturated rings. The number of benzene rings is 1. The Morgan fingerprint density at radius 1 is 1.43 bits per heavy atom. The maximum atomic E-state index is 12.1. The molecule has 114 valence electrons. The number of carbonyl (C=O) groups is 2. The monoisotopic (exact) mass is 312 g/mol. The maximum Gasteiger partial charge on any atom is 0.322 e. The molecule has 1 heterocycles. The van der Waals surface area contributed by atoms with Gasteiger partial charge in [0.1, 0.15) is 6.04 Å². The van der Waals surface area contributed by atoms with Crippen LogP contribution >= 0.6 is 0 Å². The van der Waals surface area contributed by atoms with Gasteiger partial charge in [0.25, 0.3) is 11.8 Å². The van der Waals surface area contributed by atoms with Gasteiger partial charge in [-0.3, -0.25) is 9.59 Å². The first-order chi connectivity index (χ1) is 9.81. The highest BCUT2D eigenvalue weighted by atomic mass is 32.2. The minimum Gasteiger partial charge on any atom is -0.320 e. The normalized spacial score (nSPS) is 22.1. The van der Waals surface area contributed by atoms with E-state index in [0.717, 1.165) is 5.56 Å². The standard InChI is InChI=1S/C12H16N4O4S/c1-8(13)11(17)14-16-12(18)10(15-21(16,19)20)7-9-5-3-2-4-6-9/h2-6,8,10,15H,7,13H2,1H3,(H,14,17)/t8-,10+/m0/s1. The van der Waals surface area contributed by atoms with Crippen molar-refractivity contribution < 1.29 is 18.0 Å². The summed E-state index contributed by atoms with van der Waals surface area (Å²) in [6.07, 6.45) is 0.198. The van der Waals surface area contributed by atoms with Gasteiger partial charge >= 0.3 is 10.2 Å². The Bertz CT molecular complexity index is 644. The number of amides is 2. The van der Waals surface area contributed by atoms with Gasteiger partial charge in [0, 0.05) is 0 Å². The number of rotatable bonds is 4. The number of carbonyl (C=O) groups excluding carboxylic acids is 2. The molecule has 2 rings (SSSR count). The maximum absolute atomic E-state index is 12.1. The zero-order chi connectivity index (χ0) is 15.6. The van der Waals surface area contributed by atoms with Crippen LogP contribution in [0.15, 0.2) is 30.3 Å². The molecule has 1 saturated heterocycles. The van der Waals surface area contributed by atoms with Gasteiger partial charge < -0.3 is 5.73 Å². The highest BCUT2D eigenvalue weighted by Gasteiger charge is 2.44. The van der Waals surface area contributed by atoms with Crippen LogP contribution in [0.5, 0.6) is 0 Å². The van der Waals surface area contributed by atoms with E-state index in [1.165, 1.54) is 6.92 Å². The molecule has 0 spiro atoms. The van der Waals surface area contributed by atoms with Crippen LogP contribution in [-0.2, 0) is 26.2 Å². The van der Waals surface area contributed by atoms with Crippen LogP contribution in [0, 0.1) is 0 Å². The average Bonchev–Trinajstić information content (AvgIpc) is 2.63. The molecule has 1 aliphatic rings. The third-order valence-electron chi connectivity index (χ3n) is 2.94. The summed E-state index contributed by atoms with van der Waals surface area (Å²) in [4.78, 5) is 23.6. The zero-order valence-corrected chi connectivity index (χ0v) is 12.1. The summed E-state index contributed by atoms with van der Waals surface area (Å²) in [5.74, 6) is -1.50. The highest BCUT2D eigenvalue weighted by Crippen LogP contribution is 2.14. The second-order valence-corrected chi connectivity index (χ2v) is 6.28. The van der Waals surface area contributed by atoms with Gasteiger partial charge in [-0.25, -0.2) is 5.43 Å². The third-order valence-corrected chi connectivity index (χ3v) is 4.27. The largest absolute Gasteiger partial charge is 0.322 e. The first kappa shape index (κ1) is 15.4. The molecule has 0 unspecified atom stereocenters. The Labute approximate surface area is 122 Å². The molecule has 21 heavy (non-hydrogen) atoms. The quantitative estimate of drug-likeness (QED) is 0.635. The Hall–Kier alpha value is -1.97. The molecule has 0 saturated carbocycles. The Morgan fingerprint density at radius 2 is 2.05 bits per heavy atom. The van der Waals surface area contributed by atoms with Crippen LogP contribution < -0.4 is 15.9 Å². The summed E-state index contributed by atoms with van der Waals surface area (Å²) < 4.78 is 26.3. The van der Waals surface area contributed by atoms with Crippen molar-refractivity contribution in [3.05, 3.63) is 35.9 Å². The fraction of sp³-hybridized carbons (Fsp3) is 0.333. The van der Waals surface area contributed by atoms with E-state index in [4.69, 9.17) is 5.73 Å². The number of hydrogen-bond acceptors (Lipinski definition) is 5. The van der Waals surface area contributed by atoms with Gasteiger partial charge in [-0.15, -0.1) is 4.41 Å². The topological polar surface area (TPSA) is 122 Å². The molecule has 4 N–H and O–H groups in total. The Kier molecular flexibility index (Phi) is 4.26. The van der Waals surface area contributed by atoms with Gasteiger partial charge in [-0.1, -0.05) is 30.3 Å². The second-order valence-electron chi connectivity index (χ2n) is 4.73. The summed E-state index contributed by atoms with van der Waals surface area (Å²) in [5.41, 5.74) is 8.15. The van der Waals surface area contributed by atoms with E-state index in [0.29, 0.717) is 4.41 Å². The van der Waals surface area contributed by atoms with Crippen molar-refractivity contribution in [2.45, 2.75) is 25.4 Å². The van der Waals surface area contributed by atoms with Crippen molar-refractivity contribution in [1.29, 1.82) is 0 Å². The molecule has 1 aromatic rings. The number of nitrogens with two attached hydrogens (primary N) is 1. The van der Waals surface area contributed by atoms with E-state index in [1.54, 1.807) is 24.3 Å². The first-order valence-electron chi connectivity index (χ1n) is 6.27. The molecule has 0 aromatic heterocycles. The van der Waals surface area contributed by atoms with Crippen molar-refractivity contribution in [2.24, 2.45) is 5.73 Å². The average molecular weight is 312 g/mol. The summed E-state index contributed by atoms with van der Waals surface area (Å²) >= 11 is 0. The van der Waals surface area contributed by atoms with Crippen molar-refractivity contribution in [2.75, 3.05) is 0 Å². The van der Waals surface area contributed by atoms with E-state index in [-0.39, 0.29) is 6.42 Å². The minimum atomic E-state index is -4.09. The van der Waals surface area contributed by atoms with Crippen molar-refractivity contribution in [1.82, 2.24) is 14.6 Å². The summed E-state index contributed by atoms with van der Waals surface area (Å²) in [6.45, 7) is 1.39. The van der Waals surface area contributed by atoms with Crippen LogP contribution in [-0.4, -0.2) is 36.7 Å². The Morgan fingerprint density at radius 3 is 2.62 bits per heavy atom. The molecule has 0 aliphatic carbocycles. The van der Waals surface area contributed by atoms with Gasteiger partial charge in [-0.2, -0.15) is 13.1 Å². The second kappa shape index (κ2) is 5.80. The lowest BCUT2D eigenvalue weighted by molar-refractivity contribution is -0.135. The first-order valence-corrected chi connectivity index (χ1v) is 7.71. The van der Waals surface area contributed by atoms with Crippen molar-refractivity contribution in [3.8, 4) is 0 Å². The SMILES string of the molecule is C[C@H](N)C(=O)NN1C(=O)[C@@H](Cc2ccccc2)NS1(=O)=O. The highest BCUT2D eigenvalue weighted by molar-refractivity contribution is 7.88. The third kappa shape index (κ3) is 3.38. The van der Waals surface area contributed by atoms with Crippen molar-refractivity contribution >= 4 is 22.0 Å². The molecular weight excluding hydrogens is 296 g/mol. The van der Waals surface area contributed by atoms with E-state index >= 15 is 0 Å². The van der Waals surface area contributed by atoms with Crippen molar-refractivity contribution in [3.63, 3.8) is 0 Å². The van der Waals surface area contributed by atoms with E-state index < -0.39 is 34.1 Å². The van der Waals surface area contributed by atoms with E-state index in [9.17, 15) is 18.0 Å². The van der Waals surface area contributed by atoms with Gasteiger partial charge in [0.05, 0.1) is 6.04 Å². The van der Waals surface area contributed by atoms with Crippen LogP contribution in [0.2, 0.25) is 0 Å². The smallest absolute Gasteiger partial charge is 0.320 e. The zero-order valence-electron chi connectivity index (χ0n) is 11.3. The lowest BCUT2D eigenvalue weighted by atomic mass is 10.1. The molecule has 1 aromatic carbocycles. The van der Waals surface area contributed by atoms with Crippen LogP contribution in [0.3, 0.4) is 0 Å². The molecule has 2 atom stereocenters. The van der Waals surface area contributed by atoms with Gasteiger partial charge in [0.2, 0.25) is 0 Å². The molecule has 0 bridgehead atoms. The van der Waals surface area contributed by atoms with Crippen LogP contribution in [0.4, 0.5) is 0 Å². The number of nitrogens with one attached hydrogen (secondary N) is 2. The number of hydrazine groups is 1. The Balaban J connectivity index is 2.15. The lowest BCUT2D eigenvalue weighted by Gasteiger charge is -2.16. The van der Waals surface area contributed by atoms with Gasteiger partial charge in [-0.05, 0) is 18.9 Å². The molecule has 2 amide bonds. The van der Waals surface area contributed by atoms with E-state index in [2.05, 4.69) is 4.72 Å². The molecule has 9 heteroatoms. The van der Waals surface area contributed by atoms with Crippen LogP contribution in [0.25, 0.3) is 0 Å². The molecular formula is C12H16N4O4S. The van der Waals surface area contributed by atoms with Crippen LogP contribution in [0.1, 0.15) is 12.5 Å². The summed E-state index contributed by atoms with van der Waals surface area (Å²) in [5, 5.41) is 0. The molecule has 0 radical (unpaired) electrons. The predicted octanol–water partition coefficient (Wildman–Crippen LogP) is -1.35. The molecule has 8 nitrogen and oxygen atoms in total. The lowest BCUT2D eigenvalue weighted by Crippen LogP contribution is -2.51. The molecule has 1 aliphatic heterocycles. The van der Waals surface area contributed by atoms with E-state index in [1.807, 2.05) is 11.5 Å². The fourth-order valence-corrected chi connectivity index (χ4v) is 3.06. The fourth-order valence-electron chi connectivity index (χ4n) is 1.84. The number of hydrogen-bond donors (Lipinski definition) is 3. The van der Waals surface area contributed by atoms with Gasteiger partial charge in [0.15, 0.2) is 0 Å². The summed E-state index contributed by atoms with van der Waals surface area (Å²) in [7, 11) is -4.09. The summed E-state index contributed by atoms with van der Waals surface area (Å²) in [6, 6.07) is 7.08.